The van der Waals surface area contributed by atoms with Crippen molar-refractivity contribution in [3.63, 3.8) is 0 Å². The topological polar surface area (TPSA) is 9.23 Å². The molecule has 0 saturated carbocycles. The summed E-state index contributed by atoms with van der Waals surface area (Å²) in [5.74, 6) is 0.212. The summed E-state index contributed by atoms with van der Waals surface area (Å²) in [5.41, 5.74) is -0.712. The van der Waals surface area contributed by atoms with Gasteiger partial charge in [0, 0.05) is 10.6 Å². The monoisotopic (exact) mass is 346 g/mol. The maximum atomic E-state index is 12.9. The minimum absolute atomic E-state index is 0.212. The summed E-state index contributed by atoms with van der Waals surface area (Å²) >= 11 is 0. The van der Waals surface area contributed by atoms with E-state index in [4.69, 9.17) is 4.52 Å². The molecule has 24 heavy (non-hydrogen) atoms. The van der Waals surface area contributed by atoms with Crippen LogP contribution in [0.1, 0.15) is 5.56 Å². The maximum Gasteiger partial charge on any atom is 0.416 e. The van der Waals surface area contributed by atoms with Crippen LogP contribution in [-0.4, -0.2) is 0 Å². The van der Waals surface area contributed by atoms with Gasteiger partial charge in [0.1, 0.15) is 5.75 Å². The highest BCUT2D eigenvalue weighted by Crippen LogP contribution is 2.38. The third kappa shape index (κ3) is 3.95. The summed E-state index contributed by atoms with van der Waals surface area (Å²) in [7, 11) is -1.24. The van der Waals surface area contributed by atoms with Crippen LogP contribution < -0.4 is 15.1 Å². The fraction of sp³-hybridized carbons (Fsp3) is 0.0526. The minimum Gasteiger partial charge on any atom is -0.464 e. The average Bonchev–Trinajstić information content (AvgIpc) is 2.61. The van der Waals surface area contributed by atoms with Crippen molar-refractivity contribution in [2.75, 3.05) is 0 Å². The molecule has 0 aliphatic rings. The molecule has 0 saturated heterocycles. The lowest BCUT2D eigenvalue weighted by Crippen LogP contribution is -2.15. The first-order valence-corrected chi connectivity index (χ1v) is 8.55. The summed E-state index contributed by atoms with van der Waals surface area (Å²) in [6.07, 6.45) is -4.39. The molecule has 0 bridgehead atoms. The van der Waals surface area contributed by atoms with Gasteiger partial charge in [0.15, 0.2) is 8.15 Å². The third-order valence-corrected chi connectivity index (χ3v) is 5.27. The van der Waals surface area contributed by atoms with Crippen molar-refractivity contribution in [3.05, 3.63) is 90.5 Å². The van der Waals surface area contributed by atoms with Crippen molar-refractivity contribution < 1.29 is 17.7 Å². The lowest BCUT2D eigenvalue weighted by atomic mass is 10.2. The van der Waals surface area contributed by atoms with Crippen LogP contribution in [0.4, 0.5) is 13.2 Å². The zero-order valence-electron chi connectivity index (χ0n) is 12.6. The largest absolute Gasteiger partial charge is 0.464 e. The molecule has 0 amide bonds. The second kappa shape index (κ2) is 7.06. The molecule has 5 heteroatoms. The Bertz CT molecular complexity index is 749. The quantitative estimate of drug-likeness (QED) is 0.595. The van der Waals surface area contributed by atoms with Crippen LogP contribution >= 0.6 is 8.15 Å². The first-order chi connectivity index (χ1) is 11.5. The summed E-state index contributed by atoms with van der Waals surface area (Å²) in [6.45, 7) is 0. The van der Waals surface area contributed by atoms with Gasteiger partial charge in [-0.25, -0.2) is 0 Å². The van der Waals surface area contributed by atoms with Gasteiger partial charge in [0.05, 0.1) is 5.56 Å². The Kier molecular flexibility index (Phi) is 4.86. The van der Waals surface area contributed by atoms with E-state index in [1.165, 1.54) is 6.07 Å². The SMILES string of the molecule is FC(F)(F)c1cccc(OP(c2ccccc2)c2ccccc2)c1. The van der Waals surface area contributed by atoms with Crippen LogP contribution in [0.5, 0.6) is 5.75 Å². The zero-order valence-corrected chi connectivity index (χ0v) is 13.5. The number of rotatable bonds is 4. The van der Waals surface area contributed by atoms with Crippen molar-refractivity contribution in [2.24, 2.45) is 0 Å². The number of hydrogen-bond acceptors (Lipinski definition) is 1. The van der Waals surface area contributed by atoms with Gasteiger partial charge in [-0.1, -0.05) is 66.7 Å². The van der Waals surface area contributed by atoms with E-state index in [0.29, 0.717) is 0 Å². The highest BCUT2D eigenvalue weighted by atomic mass is 31.1. The molecule has 0 heterocycles. The first-order valence-electron chi connectivity index (χ1n) is 7.29. The lowest BCUT2D eigenvalue weighted by molar-refractivity contribution is -0.137. The van der Waals surface area contributed by atoms with Gasteiger partial charge in [-0.3, -0.25) is 0 Å². The standard InChI is InChI=1S/C19H14F3OP/c20-19(21,22)15-8-7-9-16(14-15)23-24(17-10-3-1-4-11-17)18-12-5-2-6-13-18/h1-14H. The molecule has 0 aliphatic carbocycles. The van der Waals surface area contributed by atoms with E-state index in [0.717, 1.165) is 22.7 Å². The second-order valence-corrected chi connectivity index (χ2v) is 6.89. The Labute approximate surface area is 139 Å². The summed E-state index contributed by atoms with van der Waals surface area (Å²) < 4.78 is 44.7. The Hall–Kier alpha value is -2.32. The molecule has 122 valence electrons. The van der Waals surface area contributed by atoms with Crippen LogP contribution in [0.3, 0.4) is 0 Å². The number of halogens is 3. The van der Waals surface area contributed by atoms with Crippen molar-refractivity contribution >= 4 is 18.8 Å². The molecule has 0 radical (unpaired) electrons. The van der Waals surface area contributed by atoms with Gasteiger partial charge >= 0.3 is 6.18 Å². The van der Waals surface area contributed by atoms with Gasteiger partial charge in [-0.05, 0) is 18.2 Å². The van der Waals surface area contributed by atoms with Crippen molar-refractivity contribution in [2.45, 2.75) is 6.18 Å². The highest BCUT2D eigenvalue weighted by molar-refractivity contribution is 7.68. The number of alkyl halides is 3. The van der Waals surface area contributed by atoms with Crippen molar-refractivity contribution in [1.82, 2.24) is 0 Å². The zero-order chi connectivity index (χ0) is 17.0. The molecule has 3 aromatic rings. The summed E-state index contributed by atoms with van der Waals surface area (Å²) in [4.78, 5) is 0. The molecule has 0 fully saturated rings. The first kappa shape index (κ1) is 16.5. The Morgan fingerprint density at radius 2 is 1.21 bits per heavy atom. The molecule has 3 rings (SSSR count). The van der Waals surface area contributed by atoms with E-state index in [-0.39, 0.29) is 5.75 Å². The molecule has 0 aliphatic heterocycles. The predicted octanol–water partition coefficient (Wildman–Crippen LogP) is 5.13. The number of benzene rings is 3. The Morgan fingerprint density at radius 3 is 1.71 bits per heavy atom. The molecule has 0 spiro atoms. The van der Waals surface area contributed by atoms with Crippen molar-refractivity contribution in [1.29, 1.82) is 0 Å². The van der Waals surface area contributed by atoms with E-state index in [1.807, 2.05) is 60.7 Å². The highest BCUT2D eigenvalue weighted by Gasteiger charge is 2.31. The minimum atomic E-state index is -4.39. The van der Waals surface area contributed by atoms with Crippen LogP contribution in [0.15, 0.2) is 84.9 Å². The normalized spacial score (nSPS) is 11.5. The fourth-order valence-corrected chi connectivity index (χ4v) is 3.94. The lowest BCUT2D eigenvalue weighted by Gasteiger charge is -2.20. The molecular formula is C19H14F3OP. The van der Waals surface area contributed by atoms with E-state index in [9.17, 15) is 13.2 Å². The average molecular weight is 346 g/mol. The van der Waals surface area contributed by atoms with Gasteiger partial charge in [0.2, 0.25) is 0 Å². The van der Waals surface area contributed by atoms with E-state index in [2.05, 4.69) is 0 Å². The smallest absolute Gasteiger partial charge is 0.416 e. The molecule has 3 aromatic carbocycles. The molecule has 0 N–H and O–H groups in total. The van der Waals surface area contributed by atoms with Crippen LogP contribution in [0, 0.1) is 0 Å². The van der Waals surface area contributed by atoms with Gasteiger partial charge < -0.3 is 4.52 Å². The van der Waals surface area contributed by atoms with Crippen LogP contribution in [-0.2, 0) is 6.18 Å². The Morgan fingerprint density at radius 1 is 0.667 bits per heavy atom. The summed E-state index contributed by atoms with van der Waals surface area (Å²) in [6, 6.07) is 24.0. The van der Waals surface area contributed by atoms with Crippen molar-refractivity contribution in [3.8, 4) is 5.75 Å². The van der Waals surface area contributed by atoms with E-state index >= 15 is 0 Å². The second-order valence-electron chi connectivity index (χ2n) is 5.08. The van der Waals surface area contributed by atoms with E-state index in [1.54, 1.807) is 6.07 Å². The molecule has 1 nitrogen and oxygen atoms in total. The molecule has 0 aromatic heterocycles. The molecule has 0 unspecified atom stereocenters. The van der Waals surface area contributed by atoms with Crippen LogP contribution in [0.2, 0.25) is 0 Å². The summed E-state index contributed by atoms with van der Waals surface area (Å²) in [5, 5.41) is 1.88. The molecule has 0 atom stereocenters. The maximum absolute atomic E-state index is 12.9. The van der Waals surface area contributed by atoms with Crippen LogP contribution in [0.25, 0.3) is 0 Å². The third-order valence-electron chi connectivity index (χ3n) is 3.34. The Balaban J connectivity index is 1.96. The predicted molar refractivity (Wildman–Crippen MR) is 91.1 cm³/mol. The van der Waals surface area contributed by atoms with Gasteiger partial charge in [0.25, 0.3) is 0 Å². The molecular weight excluding hydrogens is 332 g/mol. The number of hydrogen-bond donors (Lipinski definition) is 0. The van der Waals surface area contributed by atoms with Gasteiger partial charge in [-0.15, -0.1) is 0 Å². The van der Waals surface area contributed by atoms with E-state index < -0.39 is 19.9 Å². The van der Waals surface area contributed by atoms with Gasteiger partial charge in [-0.2, -0.15) is 13.2 Å². The fourth-order valence-electron chi connectivity index (χ4n) is 2.22.